The van der Waals surface area contributed by atoms with E-state index in [2.05, 4.69) is 5.16 Å². The van der Waals surface area contributed by atoms with Crippen molar-refractivity contribution in [3.05, 3.63) is 11.3 Å². The van der Waals surface area contributed by atoms with Gasteiger partial charge in [-0.15, -0.1) is 0 Å². The summed E-state index contributed by atoms with van der Waals surface area (Å²) in [5, 5.41) is 3.98. The first-order chi connectivity index (χ1) is 10.8. The quantitative estimate of drug-likeness (QED) is 0.610. The van der Waals surface area contributed by atoms with Crippen LogP contribution in [0.3, 0.4) is 0 Å². The molecule has 1 heterocycles. The Morgan fingerprint density at radius 1 is 1.43 bits per heavy atom. The molecule has 130 valence electrons. The van der Waals surface area contributed by atoms with Crippen LogP contribution in [0.1, 0.15) is 57.9 Å². The van der Waals surface area contributed by atoms with Gasteiger partial charge in [-0.1, -0.05) is 0 Å². The molecule has 0 aliphatic heterocycles. The Kier molecular flexibility index (Phi) is 5.51. The van der Waals surface area contributed by atoms with Crippen molar-refractivity contribution in [3.63, 3.8) is 0 Å². The maximum atomic E-state index is 12.3. The number of carbonyl (C=O) groups excluding carboxylic acids is 1. The van der Waals surface area contributed by atoms with Crippen LogP contribution < -0.4 is 4.74 Å². The summed E-state index contributed by atoms with van der Waals surface area (Å²) in [5.74, 6) is 1.16. The Hall–Kier alpha value is -1.76. The average Bonchev–Trinajstić information content (AvgIpc) is 2.88. The van der Waals surface area contributed by atoms with Gasteiger partial charge in [-0.25, -0.2) is 4.79 Å². The molecule has 0 spiro atoms. The van der Waals surface area contributed by atoms with Gasteiger partial charge in [-0.05, 0) is 45.7 Å². The van der Waals surface area contributed by atoms with Crippen molar-refractivity contribution >= 4 is 6.09 Å². The zero-order chi connectivity index (χ0) is 17.0. The Bertz CT molecular complexity index is 535. The van der Waals surface area contributed by atoms with Crippen molar-refractivity contribution in [1.82, 2.24) is 10.1 Å². The molecule has 7 heteroatoms. The summed E-state index contributed by atoms with van der Waals surface area (Å²) in [6, 6.07) is -0.170. The smallest absolute Gasteiger partial charge is 0.410 e. The van der Waals surface area contributed by atoms with E-state index < -0.39 is 5.60 Å². The number of carbonyl (C=O) groups is 1. The van der Waals surface area contributed by atoms with Crippen LogP contribution in [-0.4, -0.2) is 42.2 Å². The molecule has 0 saturated heterocycles. The van der Waals surface area contributed by atoms with Gasteiger partial charge in [0.05, 0.1) is 11.6 Å². The van der Waals surface area contributed by atoms with Crippen molar-refractivity contribution in [2.45, 2.75) is 58.6 Å². The van der Waals surface area contributed by atoms with E-state index in [9.17, 15) is 4.79 Å². The van der Waals surface area contributed by atoms with Crippen LogP contribution in [-0.2, 0) is 15.9 Å². The fraction of sp³-hybridized carbons (Fsp3) is 0.750. The fourth-order valence-corrected chi connectivity index (χ4v) is 2.56. The third kappa shape index (κ3) is 4.37. The van der Waals surface area contributed by atoms with Crippen LogP contribution in [0.4, 0.5) is 4.79 Å². The van der Waals surface area contributed by atoms with Crippen molar-refractivity contribution in [2.24, 2.45) is 0 Å². The first kappa shape index (κ1) is 17.6. The molecule has 7 nitrogen and oxygen atoms in total. The number of hydrogen-bond donors (Lipinski definition) is 0. The summed E-state index contributed by atoms with van der Waals surface area (Å²) in [7, 11) is 1.73. The molecular formula is C16H26N2O5. The predicted molar refractivity (Wildman–Crippen MR) is 83.3 cm³/mol. The van der Waals surface area contributed by atoms with E-state index in [-0.39, 0.29) is 18.9 Å². The highest BCUT2D eigenvalue weighted by molar-refractivity contribution is 5.68. The number of rotatable bonds is 5. The molecule has 0 N–H and O–H groups in total. The molecule has 1 amide bonds. The Morgan fingerprint density at radius 3 is 2.83 bits per heavy atom. The third-order valence-electron chi connectivity index (χ3n) is 3.62. The average molecular weight is 326 g/mol. The van der Waals surface area contributed by atoms with Gasteiger partial charge in [0.1, 0.15) is 11.4 Å². The largest absolute Gasteiger partial charge is 0.448 e. The van der Waals surface area contributed by atoms with E-state index in [0.717, 1.165) is 30.6 Å². The molecule has 0 radical (unpaired) electrons. The molecular weight excluding hydrogens is 300 g/mol. The molecule has 1 aliphatic carbocycles. The second-order valence-corrected chi connectivity index (χ2v) is 6.58. The maximum absolute atomic E-state index is 12.3. The molecule has 1 aromatic heterocycles. The molecule has 1 aliphatic rings. The Morgan fingerprint density at radius 2 is 2.17 bits per heavy atom. The highest BCUT2D eigenvalue weighted by atomic mass is 16.7. The summed E-state index contributed by atoms with van der Waals surface area (Å²) in [4.78, 5) is 13.9. The maximum Gasteiger partial charge on any atom is 0.410 e. The van der Waals surface area contributed by atoms with Crippen LogP contribution in [0.15, 0.2) is 4.52 Å². The monoisotopic (exact) mass is 326 g/mol. The van der Waals surface area contributed by atoms with Gasteiger partial charge >= 0.3 is 6.09 Å². The molecule has 0 bridgehead atoms. The second kappa shape index (κ2) is 7.21. The lowest BCUT2D eigenvalue weighted by atomic mass is 9.92. The molecule has 0 aromatic carbocycles. The lowest BCUT2D eigenvalue weighted by Gasteiger charge is -2.32. The normalized spacial score (nSPS) is 17.5. The molecule has 1 aromatic rings. The zero-order valence-corrected chi connectivity index (χ0v) is 14.5. The first-order valence-electron chi connectivity index (χ1n) is 7.98. The number of ether oxygens (including phenoxy) is 3. The van der Waals surface area contributed by atoms with Gasteiger partial charge < -0.3 is 23.6 Å². The summed E-state index contributed by atoms with van der Waals surface area (Å²) in [5.41, 5.74) is 0.288. The third-order valence-corrected chi connectivity index (χ3v) is 3.62. The highest BCUT2D eigenvalue weighted by Crippen LogP contribution is 2.39. The first-order valence-corrected chi connectivity index (χ1v) is 7.98. The fourth-order valence-electron chi connectivity index (χ4n) is 2.56. The van der Waals surface area contributed by atoms with Gasteiger partial charge in [0.2, 0.25) is 0 Å². The molecule has 0 fully saturated rings. The van der Waals surface area contributed by atoms with Crippen LogP contribution in [0, 0.1) is 0 Å². The van der Waals surface area contributed by atoms with Gasteiger partial charge in [-0.3, -0.25) is 0 Å². The van der Waals surface area contributed by atoms with Gasteiger partial charge in [-0.2, -0.15) is 0 Å². The van der Waals surface area contributed by atoms with E-state index in [4.69, 9.17) is 18.7 Å². The number of hydrogen-bond acceptors (Lipinski definition) is 6. The Balaban J connectivity index is 2.16. The number of nitrogens with zero attached hydrogens (tertiary/aromatic N) is 2. The van der Waals surface area contributed by atoms with Gasteiger partial charge in [0.25, 0.3) is 5.88 Å². The predicted octanol–water partition coefficient (Wildman–Crippen LogP) is 3.29. The van der Waals surface area contributed by atoms with Crippen molar-refractivity contribution < 1.29 is 23.5 Å². The van der Waals surface area contributed by atoms with E-state index in [1.54, 1.807) is 11.9 Å². The lowest BCUT2D eigenvalue weighted by Crippen LogP contribution is -2.37. The number of fused-ring (bicyclic) bond motifs is 1. The van der Waals surface area contributed by atoms with E-state index in [1.165, 1.54) is 0 Å². The van der Waals surface area contributed by atoms with Crippen LogP contribution in [0.2, 0.25) is 0 Å². The molecule has 1 atom stereocenters. The molecule has 0 saturated carbocycles. The topological polar surface area (TPSA) is 74.0 Å². The molecule has 2 rings (SSSR count). The molecule has 0 unspecified atom stereocenters. The number of aryl methyl sites for hydroxylation is 1. The summed E-state index contributed by atoms with van der Waals surface area (Å²) < 4.78 is 21.6. The van der Waals surface area contributed by atoms with E-state index in [1.807, 2.05) is 27.7 Å². The minimum Gasteiger partial charge on any atom is -0.448 e. The summed E-state index contributed by atoms with van der Waals surface area (Å²) >= 11 is 0. The van der Waals surface area contributed by atoms with E-state index >= 15 is 0 Å². The SMILES string of the molecule is CCOCOc1noc2c1[C@H](N(C)C(=O)OC(C)(C)C)CCC2. The van der Waals surface area contributed by atoms with E-state index in [0.29, 0.717) is 12.5 Å². The Labute approximate surface area is 136 Å². The van der Waals surface area contributed by atoms with Crippen molar-refractivity contribution in [2.75, 3.05) is 20.4 Å². The summed E-state index contributed by atoms with van der Waals surface area (Å²) in [6.45, 7) is 8.10. The van der Waals surface area contributed by atoms with Crippen molar-refractivity contribution in [3.8, 4) is 5.88 Å². The zero-order valence-electron chi connectivity index (χ0n) is 14.5. The molecule has 23 heavy (non-hydrogen) atoms. The standard InChI is InChI=1S/C16H26N2O5/c1-6-20-10-21-14-13-11(8-7-9-12(13)23-17-14)18(5)15(19)22-16(2,3)4/h11H,6-10H2,1-5H3/t11-/m1/s1. The summed E-state index contributed by atoms with van der Waals surface area (Å²) in [6.07, 6.45) is 2.16. The van der Waals surface area contributed by atoms with Crippen LogP contribution >= 0.6 is 0 Å². The van der Waals surface area contributed by atoms with Crippen LogP contribution in [0.5, 0.6) is 5.88 Å². The van der Waals surface area contributed by atoms with Gasteiger partial charge in [0.15, 0.2) is 6.79 Å². The lowest BCUT2D eigenvalue weighted by molar-refractivity contribution is 0.0134. The second-order valence-electron chi connectivity index (χ2n) is 6.58. The number of aromatic nitrogens is 1. The van der Waals surface area contributed by atoms with Crippen LogP contribution in [0.25, 0.3) is 0 Å². The van der Waals surface area contributed by atoms with Gasteiger partial charge in [0, 0.05) is 20.1 Å². The number of amides is 1. The minimum absolute atomic E-state index is 0.109. The van der Waals surface area contributed by atoms with Crippen molar-refractivity contribution in [1.29, 1.82) is 0 Å². The minimum atomic E-state index is -0.536. The highest BCUT2D eigenvalue weighted by Gasteiger charge is 2.35.